The third-order valence-electron chi connectivity index (χ3n) is 4.94. The van der Waals surface area contributed by atoms with Gasteiger partial charge in [0.25, 0.3) is 0 Å². The normalized spacial score (nSPS) is 15.0. The lowest BCUT2D eigenvalue weighted by molar-refractivity contribution is -0.146. The summed E-state index contributed by atoms with van der Waals surface area (Å²) in [5, 5.41) is 7.83. The monoisotopic (exact) mass is 511 g/mol. The Morgan fingerprint density at radius 3 is 2.72 bits per heavy atom. The molecule has 0 atom stereocenters. The molecule has 3 rings (SSSR count). The van der Waals surface area contributed by atoms with Crippen LogP contribution >= 0.6 is 24.0 Å². The van der Waals surface area contributed by atoms with E-state index < -0.39 is 0 Å². The minimum absolute atomic E-state index is 0. The van der Waals surface area contributed by atoms with Gasteiger partial charge < -0.3 is 20.3 Å². The molecule has 7 nitrogen and oxygen atoms in total. The topological polar surface area (TPSA) is 78.9 Å². The number of piperidine rings is 1. The highest BCUT2D eigenvalue weighted by molar-refractivity contribution is 14.0. The third kappa shape index (κ3) is 6.45. The number of pyridine rings is 1. The Hall–Kier alpha value is -2.10. The number of aromatic nitrogens is 1. The minimum atomic E-state index is -0.103. The van der Waals surface area contributed by atoms with Crippen molar-refractivity contribution < 1.29 is 9.53 Å². The molecule has 2 N–H and O–H groups in total. The first kappa shape index (κ1) is 23.2. The zero-order chi connectivity index (χ0) is 19.8. The lowest BCUT2D eigenvalue weighted by Gasteiger charge is -2.33. The molecule has 29 heavy (non-hydrogen) atoms. The number of likely N-dealkylation sites (tertiary alicyclic amines) is 1. The van der Waals surface area contributed by atoms with Crippen LogP contribution in [-0.4, -0.2) is 61.6 Å². The van der Waals surface area contributed by atoms with E-state index in [4.69, 9.17) is 9.73 Å². The van der Waals surface area contributed by atoms with Gasteiger partial charge in [0.1, 0.15) is 5.82 Å². The zero-order valence-corrected chi connectivity index (χ0v) is 19.4. The Balaban J connectivity index is 0.00000300. The van der Waals surface area contributed by atoms with Crippen LogP contribution in [0.25, 0.3) is 10.9 Å². The number of benzene rings is 1. The summed E-state index contributed by atoms with van der Waals surface area (Å²) in [7, 11) is 1.46. The van der Waals surface area contributed by atoms with Gasteiger partial charge in [-0.3, -0.25) is 9.79 Å². The number of hydrogen-bond donors (Lipinski definition) is 2. The standard InChI is InChI=1S/C21H29N5O2.HI/c1-3-22-21(26-14-10-17(11-15-26)20(27)28-2)24-13-12-23-19-9-8-16-6-4-5-7-18(16)25-19;/h4-9,17H,3,10-15H2,1-2H3,(H,22,24)(H,23,25);1H. The van der Waals surface area contributed by atoms with Crippen molar-refractivity contribution in [2.24, 2.45) is 10.9 Å². The lowest BCUT2D eigenvalue weighted by Crippen LogP contribution is -2.46. The number of anilines is 1. The van der Waals surface area contributed by atoms with Crippen LogP contribution in [0, 0.1) is 5.92 Å². The molecule has 1 aliphatic heterocycles. The summed E-state index contributed by atoms with van der Waals surface area (Å²) >= 11 is 0. The molecular formula is C21H30IN5O2. The summed E-state index contributed by atoms with van der Waals surface area (Å²) in [6, 6.07) is 12.2. The van der Waals surface area contributed by atoms with Crippen LogP contribution in [0.15, 0.2) is 41.4 Å². The summed E-state index contributed by atoms with van der Waals surface area (Å²) in [6.07, 6.45) is 1.60. The SMILES string of the molecule is CCNC(=NCCNc1ccc2ccccc2n1)N1CCC(C(=O)OC)CC1.I. The summed E-state index contributed by atoms with van der Waals surface area (Å²) in [5.74, 6) is 1.66. The number of carbonyl (C=O) groups excluding carboxylic acids is 1. The van der Waals surface area contributed by atoms with Crippen LogP contribution < -0.4 is 10.6 Å². The number of nitrogens with zero attached hydrogens (tertiary/aromatic N) is 3. The molecule has 2 heterocycles. The number of halogens is 1. The average Bonchev–Trinajstić information content (AvgIpc) is 2.75. The predicted octanol–water partition coefficient (Wildman–Crippen LogP) is 3.12. The molecule has 8 heteroatoms. The molecule has 2 aromatic rings. The maximum absolute atomic E-state index is 11.7. The Morgan fingerprint density at radius 2 is 2.00 bits per heavy atom. The number of para-hydroxylation sites is 1. The van der Waals surface area contributed by atoms with Gasteiger partial charge in [0.15, 0.2) is 5.96 Å². The van der Waals surface area contributed by atoms with Crippen molar-refractivity contribution >= 4 is 52.6 Å². The molecule has 0 aliphatic carbocycles. The van der Waals surface area contributed by atoms with Crippen molar-refractivity contribution in [1.29, 1.82) is 0 Å². The predicted molar refractivity (Wildman–Crippen MR) is 128 cm³/mol. The van der Waals surface area contributed by atoms with Gasteiger partial charge in [-0.2, -0.15) is 0 Å². The van der Waals surface area contributed by atoms with E-state index in [0.29, 0.717) is 13.1 Å². The number of hydrogen-bond acceptors (Lipinski definition) is 5. The van der Waals surface area contributed by atoms with E-state index in [1.807, 2.05) is 24.3 Å². The molecule has 0 saturated carbocycles. The van der Waals surface area contributed by atoms with Gasteiger partial charge in [0.05, 0.1) is 25.1 Å². The highest BCUT2D eigenvalue weighted by Gasteiger charge is 2.26. The van der Waals surface area contributed by atoms with E-state index in [-0.39, 0.29) is 35.9 Å². The van der Waals surface area contributed by atoms with Crippen LogP contribution in [0.3, 0.4) is 0 Å². The highest BCUT2D eigenvalue weighted by Crippen LogP contribution is 2.18. The first-order chi connectivity index (χ1) is 13.7. The number of esters is 1. The van der Waals surface area contributed by atoms with E-state index in [2.05, 4.69) is 39.6 Å². The molecule has 1 aromatic carbocycles. The molecule has 158 valence electrons. The second kappa shape index (κ2) is 11.8. The quantitative estimate of drug-likeness (QED) is 0.204. The Labute approximate surface area is 189 Å². The van der Waals surface area contributed by atoms with Crippen molar-refractivity contribution in [3.8, 4) is 0 Å². The number of nitrogens with one attached hydrogen (secondary N) is 2. The summed E-state index contributed by atoms with van der Waals surface area (Å²) in [4.78, 5) is 23.3. The average molecular weight is 511 g/mol. The van der Waals surface area contributed by atoms with Gasteiger partial charge in [-0.1, -0.05) is 18.2 Å². The van der Waals surface area contributed by atoms with Crippen LogP contribution in [0.5, 0.6) is 0 Å². The van der Waals surface area contributed by atoms with Gasteiger partial charge in [0, 0.05) is 31.6 Å². The maximum Gasteiger partial charge on any atom is 0.308 e. The van der Waals surface area contributed by atoms with Crippen LogP contribution in [-0.2, 0) is 9.53 Å². The third-order valence-corrected chi connectivity index (χ3v) is 4.94. The molecule has 1 aromatic heterocycles. The van der Waals surface area contributed by atoms with Crippen LogP contribution in [0.1, 0.15) is 19.8 Å². The van der Waals surface area contributed by atoms with E-state index in [9.17, 15) is 4.79 Å². The number of carbonyl (C=O) groups is 1. The summed E-state index contributed by atoms with van der Waals surface area (Å²) in [6.45, 7) is 5.85. The van der Waals surface area contributed by atoms with E-state index in [1.54, 1.807) is 0 Å². The van der Waals surface area contributed by atoms with E-state index in [1.165, 1.54) is 7.11 Å². The fourth-order valence-electron chi connectivity index (χ4n) is 3.43. The number of ether oxygens (including phenoxy) is 1. The molecule has 0 radical (unpaired) electrons. The molecule has 1 fully saturated rings. The molecule has 1 saturated heterocycles. The highest BCUT2D eigenvalue weighted by atomic mass is 127. The van der Waals surface area contributed by atoms with Crippen molar-refractivity contribution in [3.63, 3.8) is 0 Å². The summed E-state index contributed by atoms with van der Waals surface area (Å²) in [5.41, 5.74) is 0.984. The number of fused-ring (bicyclic) bond motifs is 1. The van der Waals surface area contributed by atoms with E-state index in [0.717, 1.165) is 55.2 Å². The molecular weight excluding hydrogens is 481 g/mol. The number of aliphatic imine (C=N–C) groups is 1. The van der Waals surface area contributed by atoms with Crippen molar-refractivity contribution in [3.05, 3.63) is 36.4 Å². The molecule has 1 aliphatic rings. The fourth-order valence-corrected chi connectivity index (χ4v) is 3.43. The zero-order valence-electron chi connectivity index (χ0n) is 17.1. The van der Waals surface area contributed by atoms with Gasteiger partial charge in [0.2, 0.25) is 0 Å². The Bertz CT molecular complexity index is 822. The second-order valence-electron chi connectivity index (χ2n) is 6.84. The molecule has 0 spiro atoms. The Morgan fingerprint density at radius 1 is 1.24 bits per heavy atom. The van der Waals surface area contributed by atoms with Crippen molar-refractivity contribution in [2.45, 2.75) is 19.8 Å². The van der Waals surface area contributed by atoms with Crippen molar-refractivity contribution in [1.82, 2.24) is 15.2 Å². The van der Waals surface area contributed by atoms with Gasteiger partial charge in [-0.15, -0.1) is 24.0 Å². The molecule has 0 unspecified atom stereocenters. The number of guanidine groups is 1. The first-order valence-electron chi connectivity index (χ1n) is 9.92. The Kier molecular flexibility index (Phi) is 9.43. The first-order valence-corrected chi connectivity index (χ1v) is 9.92. The molecule has 0 amide bonds. The van der Waals surface area contributed by atoms with E-state index >= 15 is 0 Å². The van der Waals surface area contributed by atoms with Crippen molar-refractivity contribution in [2.75, 3.05) is 45.2 Å². The second-order valence-corrected chi connectivity index (χ2v) is 6.84. The van der Waals surface area contributed by atoms with Crippen LogP contribution in [0.4, 0.5) is 5.82 Å². The number of rotatable bonds is 6. The lowest BCUT2D eigenvalue weighted by atomic mass is 9.97. The van der Waals surface area contributed by atoms with Gasteiger partial charge >= 0.3 is 5.97 Å². The van der Waals surface area contributed by atoms with Gasteiger partial charge in [-0.25, -0.2) is 4.98 Å². The minimum Gasteiger partial charge on any atom is -0.469 e. The number of methoxy groups -OCH3 is 1. The maximum atomic E-state index is 11.7. The van der Waals surface area contributed by atoms with Crippen LogP contribution in [0.2, 0.25) is 0 Å². The summed E-state index contributed by atoms with van der Waals surface area (Å²) < 4.78 is 4.86. The smallest absolute Gasteiger partial charge is 0.308 e. The molecule has 0 bridgehead atoms. The largest absolute Gasteiger partial charge is 0.469 e. The fraction of sp³-hybridized carbons (Fsp3) is 0.476. The van der Waals surface area contributed by atoms with Gasteiger partial charge in [-0.05, 0) is 38.0 Å².